The fourth-order valence-corrected chi connectivity index (χ4v) is 3.74. The summed E-state index contributed by atoms with van der Waals surface area (Å²) in [7, 11) is 0. The first-order chi connectivity index (χ1) is 9.09. The third-order valence-corrected chi connectivity index (χ3v) is 5.15. The highest BCUT2D eigenvalue weighted by Crippen LogP contribution is 2.30. The van der Waals surface area contributed by atoms with Gasteiger partial charge >= 0.3 is 0 Å². The van der Waals surface area contributed by atoms with E-state index in [1.54, 1.807) is 0 Å². The van der Waals surface area contributed by atoms with Crippen LogP contribution in [0.3, 0.4) is 0 Å². The minimum absolute atomic E-state index is 0.542. The lowest BCUT2D eigenvalue weighted by molar-refractivity contribution is 0.257. The molecule has 1 aromatic rings. The Morgan fingerprint density at radius 2 is 2.00 bits per heavy atom. The molecule has 1 fully saturated rings. The van der Waals surface area contributed by atoms with Crippen LogP contribution >= 0.6 is 11.3 Å². The van der Waals surface area contributed by atoms with E-state index in [0.29, 0.717) is 5.41 Å². The Kier molecular flexibility index (Phi) is 5.43. The van der Waals surface area contributed by atoms with E-state index in [4.69, 9.17) is 0 Å². The summed E-state index contributed by atoms with van der Waals surface area (Å²) in [5.74, 6) is 0. The van der Waals surface area contributed by atoms with Crippen molar-refractivity contribution in [3.63, 3.8) is 0 Å². The smallest absolute Gasteiger partial charge is 0.0328 e. The van der Waals surface area contributed by atoms with Gasteiger partial charge in [0.25, 0.3) is 0 Å². The molecule has 0 amide bonds. The minimum atomic E-state index is 0.542. The van der Waals surface area contributed by atoms with E-state index in [1.807, 2.05) is 11.3 Å². The molecule has 0 bridgehead atoms. The number of nitrogens with one attached hydrogen (secondary N) is 1. The van der Waals surface area contributed by atoms with Crippen molar-refractivity contribution < 1.29 is 0 Å². The van der Waals surface area contributed by atoms with Gasteiger partial charge in [-0.2, -0.15) is 0 Å². The van der Waals surface area contributed by atoms with Crippen LogP contribution in [0.1, 0.15) is 49.8 Å². The summed E-state index contributed by atoms with van der Waals surface area (Å²) in [6, 6.07) is 4.60. The van der Waals surface area contributed by atoms with Crippen molar-refractivity contribution in [2.75, 3.05) is 19.6 Å². The van der Waals surface area contributed by atoms with E-state index in [1.165, 1.54) is 42.1 Å². The molecule has 0 aromatic carbocycles. The normalized spacial score (nSPS) is 20.4. The third-order valence-electron chi connectivity index (χ3n) is 4.08. The summed E-state index contributed by atoms with van der Waals surface area (Å²) in [6.45, 7) is 12.7. The summed E-state index contributed by atoms with van der Waals surface area (Å²) < 4.78 is 0. The highest BCUT2D eigenvalue weighted by molar-refractivity contribution is 7.11. The lowest BCUT2D eigenvalue weighted by Crippen LogP contribution is -2.24. The molecule has 1 aliphatic rings. The van der Waals surface area contributed by atoms with Crippen molar-refractivity contribution in [1.82, 2.24) is 10.2 Å². The third kappa shape index (κ3) is 4.90. The molecule has 0 radical (unpaired) electrons. The molecule has 0 unspecified atom stereocenters. The standard InChI is InChI=1S/C16H28N2S/c1-4-17-12-14-6-7-15(19-14)13-18-10-5-8-16(2,3)9-11-18/h6-7,17H,4-5,8-13H2,1-3H3. The van der Waals surface area contributed by atoms with E-state index < -0.39 is 0 Å². The molecule has 1 saturated heterocycles. The summed E-state index contributed by atoms with van der Waals surface area (Å²) in [4.78, 5) is 5.62. The number of hydrogen-bond acceptors (Lipinski definition) is 3. The fraction of sp³-hybridized carbons (Fsp3) is 0.750. The molecule has 1 aliphatic heterocycles. The molecule has 1 N–H and O–H groups in total. The molecular weight excluding hydrogens is 252 g/mol. The summed E-state index contributed by atoms with van der Waals surface area (Å²) in [5, 5.41) is 3.40. The number of rotatable bonds is 5. The van der Waals surface area contributed by atoms with Gasteiger partial charge in [0.2, 0.25) is 0 Å². The van der Waals surface area contributed by atoms with Crippen LogP contribution in [0.25, 0.3) is 0 Å². The Morgan fingerprint density at radius 1 is 1.21 bits per heavy atom. The van der Waals surface area contributed by atoms with Gasteiger partial charge in [0, 0.05) is 22.8 Å². The van der Waals surface area contributed by atoms with Crippen LogP contribution in [0.4, 0.5) is 0 Å². The van der Waals surface area contributed by atoms with Crippen LogP contribution in [0, 0.1) is 5.41 Å². The Labute approximate surface area is 122 Å². The molecule has 19 heavy (non-hydrogen) atoms. The van der Waals surface area contributed by atoms with Crippen molar-refractivity contribution in [1.29, 1.82) is 0 Å². The Hall–Kier alpha value is -0.380. The molecular formula is C16H28N2S. The van der Waals surface area contributed by atoms with Gasteiger partial charge in [0.05, 0.1) is 0 Å². The van der Waals surface area contributed by atoms with E-state index in [2.05, 4.69) is 43.1 Å². The monoisotopic (exact) mass is 280 g/mol. The second kappa shape index (κ2) is 6.87. The predicted molar refractivity (Wildman–Crippen MR) is 84.6 cm³/mol. The van der Waals surface area contributed by atoms with E-state index in [-0.39, 0.29) is 0 Å². The largest absolute Gasteiger partial charge is 0.312 e. The SMILES string of the molecule is CCNCc1ccc(CN2CCCC(C)(C)CC2)s1. The van der Waals surface area contributed by atoms with Crippen molar-refractivity contribution in [2.45, 2.75) is 53.1 Å². The lowest BCUT2D eigenvalue weighted by atomic mass is 9.85. The van der Waals surface area contributed by atoms with Crippen molar-refractivity contribution in [3.05, 3.63) is 21.9 Å². The predicted octanol–water partition coefficient (Wildman–Crippen LogP) is 3.87. The van der Waals surface area contributed by atoms with E-state index >= 15 is 0 Å². The fourth-order valence-electron chi connectivity index (χ4n) is 2.71. The summed E-state index contributed by atoms with van der Waals surface area (Å²) >= 11 is 1.97. The van der Waals surface area contributed by atoms with Gasteiger partial charge in [-0.05, 0) is 56.4 Å². The molecule has 108 valence electrons. The number of nitrogens with zero attached hydrogens (tertiary/aromatic N) is 1. The first kappa shape index (κ1) is 15.0. The molecule has 0 spiro atoms. The molecule has 0 aliphatic carbocycles. The molecule has 2 nitrogen and oxygen atoms in total. The Bertz CT molecular complexity index is 384. The molecule has 3 heteroatoms. The van der Waals surface area contributed by atoms with Gasteiger partial charge in [-0.3, -0.25) is 4.90 Å². The maximum atomic E-state index is 3.40. The van der Waals surface area contributed by atoms with Crippen LogP contribution in [0.5, 0.6) is 0 Å². The van der Waals surface area contributed by atoms with E-state index in [0.717, 1.165) is 19.6 Å². The quantitative estimate of drug-likeness (QED) is 0.881. The second-order valence-electron chi connectivity index (χ2n) is 6.44. The van der Waals surface area contributed by atoms with Gasteiger partial charge < -0.3 is 5.32 Å². The first-order valence-corrected chi connectivity index (χ1v) is 8.41. The highest BCUT2D eigenvalue weighted by Gasteiger charge is 2.23. The zero-order chi connectivity index (χ0) is 13.7. The minimum Gasteiger partial charge on any atom is -0.312 e. The zero-order valence-corrected chi connectivity index (χ0v) is 13.5. The van der Waals surface area contributed by atoms with Crippen molar-refractivity contribution in [2.24, 2.45) is 5.41 Å². The van der Waals surface area contributed by atoms with Crippen LogP contribution in [-0.4, -0.2) is 24.5 Å². The van der Waals surface area contributed by atoms with Gasteiger partial charge in [-0.1, -0.05) is 20.8 Å². The topological polar surface area (TPSA) is 15.3 Å². The van der Waals surface area contributed by atoms with Gasteiger partial charge in [0.1, 0.15) is 0 Å². The number of thiophene rings is 1. The van der Waals surface area contributed by atoms with Crippen LogP contribution in [0.2, 0.25) is 0 Å². The number of hydrogen-bond donors (Lipinski definition) is 1. The van der Waals surface area contributed by atoms with Gasteiger partial charge in [-0.15, -0.1) is 11.3 Å². The summed E-state index contributed by atoms with van der Waals surface area (Å²) in [5.41, 5.74) is 0.542. The zero-order valence-electron chi connectivity index (χ0n) is 12.7. The first-order valence-electron chi connectivity index (χ1n) is 7.60. The van der Waals surface area contributed by atoms with Gasteiger partial charge in [-0.25, -0.2) is 0 Å². The Morgan fingerprint density at radius 3 is 2.79 bits per heavy atom. The van der Waals surface area contributed by atoms with Crippen molar-refractivity contribution in [3.8, 4) is 0 Å². The maximum absolute atomic E-state index is 3.40. The summed E-state index contributed by atoms with van der Waals surface area (Å²) in [6.07, 6.45) is 4.06. The second-order valence-corrected chi connectivity index (χ2v) is 7.70. The molecule has 0 atom stereocenters. The molecule has 0 saturated carbocycles. The van der Waals surface area contributed by atoms with Gasteiger partial charge in [0.15, 0.2) is 0 Å². The lowest BCUT2D eigenvalue weighted by Gasteiger charge is -2.22. The van der Waals surface area contributed by atoms with E-state index in [9.17, 15) is 0 Å². The number of likely N-dealkylation sites (tertiary alicyclic amines) is 1. The average Bonchev–Trinajstić information content (AvgIpc) is 2.73. The Balaban J connectivity index is 1.85. The molecule has 2 heterocycles. The average molecular weight is 280 g/mol. The molecule has 2 rings (SSSR count). The van der Waals surface area contributed by atoms with Crippen molar-refractivity contribution >= 4 is 11.3 Å². The highest BCUT2D eigenvalue weighted by atomic mass is 32.1. The maximum Gasteiger partial charge on any atom is 0.0328 e. The molecule has 1 aromatic heterocycles. The van der Waals surface area contributed by atoms with Crippen LogP contribution in [0.15, 0.2) is 12.1 Å². The van der Waals surface area contributed by atoms with Crippen LogP contribution < -0.4 is 5.32 Å². The van der Waals surface area contributed by atoms with Crippen LogP contribution in [-0.2, 0) is 13.1 Å².